The monoisotopic (exact) mass is 328 g/mol. The molecular weight excluding hydrogens is 307 g/mol. The van der Waals surface area contributed by atoms with Crippen LogP contribution in [-0.4, -0.2) is 29.8 Å². The molecule has 0 saturated heterocycles. The molecule has 0 aliphatic carbocycles. The Labute approximate surface area is 141 Å². The van der Waals surface area contributed by atoms with E-state index in [1.165, 1.54) is 17.9 Å². The van der Waals surface area contributed by atoms with E-state index >= 15 is 0 Å². The van der Waals surface area contributed by atoms with E-state index in [4.69, 9.17) is 0 Å². The Balaban J connectivity index is 1.82. The van der Waals surface area contributed by atoms with Crippen molar-refractivity contribution in [1.82, 2.24) is 10.2 Å². The van der Waals surface area contributed by atoms with Crippen molar-refractivity contribution < 1.29 is 14.0 Å². The van der Waals surface area contributed by atoms with Crippen molar-refractivity contribution in [2.24, 2.45) is 0 Å². The quantitative estimate of drug-likeness (QED) is 0.849. The number of rotatable bonds is 7. The van der Waals surface area contributed by atoms with Crippen LogP contribution in [-0.2, 0) is 22.6 Å². The molecule has 0 radical (unpaired) electrons. The first-order valence-corrected chi connectivity index (χ1v) is 7.86. The lowest BCUT2D eigenvalue weighted by Gasteiger charge is -2.21. The SMILES string of the molecule is CC(=O)N(CCNC(=O)Cc1ccccc1)Cc1ccccc1F. The van der Waals surface area contributed by atoms with Crippen molar-refractivity contribution in [3.05, 3.63) is 71.5 Å². The van der Waals surface area contributed by atoms with Crippen LogP contribution in [0.15, 0.2) is 54.6 Å². The molecule has 0 unspecified atom stereocenters. The van der Waals surface area contributed by atoms with E-state index in [0.29, 0.717) is 25.1 Å². The van der Waals surface area contributed by atoms with Gasteiger partial charge in [0.05, 0.1) is 6.42 Å². The third kappa shape index (κ3) is 5.50. The van der Waals surface area contributed by atoms with Crippen LogP contribution in [0.3, 0.4) is 0 Å². The highest BCUT2D eigenvalue weighted by molar-refractivity contribution is 5.78. The number of carbonyl (C=O) groups excluding carboxylic acids is 2. The molecule has 0 fully saturated rings. The maximum Gasteiger partial charge on any atom is 0.224 e. The number of carbonyl (C=O) groups is 2. The molecule has 0 saturated carbocycles. The third-order valence-electron chi connectivity index (χ3n) is 3.68. The number of hydrogen-bond donors (Lipinski definition) is 1. The summed E-state index contributed by atoms with van der Waals surface area (Å²) in [5, 5.41) is 2.79. The van der Waals surface area contributed by atoms with Gasteiger partial charge >= 0.3 is 0 Å². The molecule has 2 aromatic carbocycles. The van der Waals surface area contributed by atoms with Crippen molar-refractivity contribution in [1.29, 1.82) is 0 Å². The molecule has 0 heterocycles. The van der Waals surface area contributed by atoms with Gasteiger partial charge in [-0.05, 0) is 11.6 Å². The van der Waals surface area contributed by atoms with E-state index in [-0.39, 0.29) is 24.2 Å². The molecule has 24 heavy (non-hydrogen) atoms. The Bertz CT molecular complexity index is 689. The number of halogens is 1. The van der Waals surface area contributed by atoms with E-state index < -0.39 is 0 Å². The first-order valence-electron chi connectivity index (χ1n) is 7.86. The van der Waals surface area contributed by atoms with Gasteiger partial charge in [-0.2, -0.15) is 0 Å². The molecule has 126 valence electrons. The average Bonchev–Trinajstić information content (AvgIpc) is 2.56. The maximum absolute atomic E-state index is 13.7. The van der Waals surface area contributed by atoms with Crippen LogP contribution < -0.4 is 5.32 Å². The summed E-state index contributed by atoms with van der Waals surface area (Å²) >= 11 is 0. The lowest BCUT2D eigenvalue weighted by atomic mass is 10.1. The minimum Gasteiger partial charge on any atom is -0.354 e. The zero-order chi connectivity index (χ0) is 17.4. The molecule has 5 heteroatoms. The summed E-state index contributed by atoms with van der Waals surface area (Å²) in [5.74, 6) is -0.594. The van der Waals surface area contributed by atoms with Crippen molar-refractivity contribution >= 4 is 11.8 Å². The molecule has 0 bridgehead atoms. The Hall–Kier alpha value is -2.69. The number of nitrogens with zero attached hydrogens (tertiary/aromatic N) is 1. The summed E-state index contributed by atoms with van der Waals surface area (Å²) in [6.45, 7) is 2.30. The second-order valence-corrected chi connectivity index (χ2v) is 5.54. The van der Waals surface area contributed by atoms with Gasteiger partial charge in [-0.15, -0.1) is 0 Å². The lowest BCUT2D eigenvalue weighted by Crippen LogP contribution is -2.37. The summed E-state index contributed by atoms with van der Waals surface area (Å²) in [7, 11) is 0. The third-order valence-corrected chi connectivity index (χ3v) is 3.68. The van der Waals surface area contributed by atoms with Crippen molar-refractivity contribution in [2.45, 2.75) is 19.9 Å². The number of nitrogens with one attached hydrogen (secondary N) is 1. The second kappa shape index (κ2) is 8.82. The molecule has 0 spiro atoms. The van der Waals surface area contributed by atoms with Gasteiger partial charge in [-0.3, -0.25) is 9.59 Å². The van der Waals surface area contributed by atoms with Gasteiger partial charge < -0.3 is 10.2 Å². The van der Waals surface area contributed by atoms with E-state index in [0.717, 1.165) is 5.56 Å². The summed E-state index contributed by atoms with van der Waals surface area (Å²) < 4.78 is 13.7. The van der Waals surface area contributed by atoms with Gasteiger partial charge in [0, 0.05) is 32.1 Å². The molecule has 0 aromatic heterocycles. The Kier molecular flexibility index (Phi) is 6.49. The molecule has 0 atom stereocenters. The average molecular weight is 328 g/mol. The normalized spacial score (nSPS) is 10.2. The van der Waals surface area contributed by atoms with Crippen LogP contribution in [0, 0.1) is 5.82 Å². The number of benzene rings is 2. The fourth-order valence-electron chi connectivity index (χ4n) is 2.35. The highest BCUT2D eigenvalue weighted by Crippen LogP contribution is 2.09. The van der Waals surface area contributed by atoms with Crippen LogP contribution in [0.5, 0.6) is 0 Å². The topological polar surface area (TPSA) is 49.4 Å². The minimum atomic E-state index is -0.336. The summed E-state index contributed by atoms with van der Waals surface area (Å²) in [6.07, 6.45) is 0.300. The van der Waals surface area contributed by atoms with Gasteiger partial charge in [0.25, 0.3) is 0 Å². The first kappa shape index (κ1) is 17.7. The smallest absolute Gasteiger partial charge is 0.224 e. The molecular formula is C19H21FN2O2. The zero-order valence-electron chi connectivity index (χ0n) is 13.7. The Morgan fingerprint density at radius 1 is 1.04 bits per heavy atom. The summed E-state index contributed by atoms with van der Waals surface area (Å²) in [6, 6.07) is 15.8. The van der Waals surface area contributed by atoms with Crippen LogP contribution in [0.1, 0.15) is 18.1 Å². The van der Waals surface area contributed by atoms with E-state index in [9.17, 15) is 14.0 Å². The van der Waals surface area contributed by atoms with Gasteiger partial charge in [-0.25, -0.2) is 4.39 Å². The van der Waals surface area contributed by atoms with Crippen LogP contribution >= 0.6 is 0 Å². The van der Waals surface area contributed by atoms with Crippen LogP contribution in [0.2, 0.25) is 0 Å². The minimum absolute atomic E-state index is 0.101. The van der Waals surface area contributed by atoms with Gasteiger partial charge in [0.2, 0.25) is 11.8 Å². The van der Waals surface area contributed by atoms with Crippen LogP contribution in [0.4, 0.5) is 4.39 Å². The lowest BCUT2D eigenvalue weighted by molar-refractivity contribution is -0.130. The van der Waals surface area contributed by atoms with Gasteiger partial charge in [-0.1, -0.05) is 48.5 Å². The summed E-state index contributed by atoms with van der Waals surface area (Å²) in [5.41, 5.74) is 1.40. The molecule has 1 N–H and O–H groups in total. The van der Waals surface area contributed by atoms with Crippen molar-refractivity contribution in [3.63, 3.8) is 0 Å². The maximum atomic E-state index is 13.7. The molecule has 2 rings (SSSR count). The van der Waals surface area contributed by atoms with Crippen molar-refractivity contribution in [2.75, 3.05) is 13.1 Å². The fraction of sp³-hybridized carbons (Fsp3) is 0.263. The predicted molar refractivity (Wildman–Crippen MR) is 90.6 cm³/mol. The second-order valence-electron chi connectivity index (χ2n) is 5.54. The molecule has 2 aromatic rings. The molecule has 2 amide bonds. The molecule has 4 nitrogen and oxygen atoms in total. The van der Waals surface area contributed by atoms with Crippen LogP contribution in [0.25, 0.3) is 0 Å². The highest BCUT2D eigenvalue weighted by atomic mass is 19.1. The molecule has 0 aliphatic rings. The number of hydrogen-bond acceptors (Lipinski definition) is 2. The summed E-state index contributed by atoms with van der Waals surface area (Å²) in [4.78, 5) is 25.1. The largest absolute Gasteiger partial charge is 0.354 e. The van der Waals surface area contributed by atoms with Gasteiger partial charge in [0.1, 0.15) is 5.82 Å². The van der Waals surface area contributed by atoms with E-state index in [1.54, 1.807) is 18.2 Å². The Morgan fingerprint density at radius 2 is 1.71 bits per heavy atom. The standard InChI is InChI=1S/C19H21FN2O2/c1-15(23)22(14-17-9-5-6-10-18(17)20)12-11-21-19(24)13-16-7-3-2-4-8-16/h2-10H,11-14H2,1H3,(H,21,24). The molecule has 0 aliphatic heterocycles. The van der Waals surface area contributed by atoms with Crippen molar-refractivity contribution in [3.8, 4) is 0 Å². The van der Waals surface area contributed by atoms with E-state index in [1.807, 2.05) is 30.3 Å². The first-order chi connectivity index (χ1) is 11.6. The number of amides is 2. The Morgan fingerprint density at radius 3 is 2.38 bits per heavy atom. The van der Waals surface area contributed by atoms with Gasteiger partial charge in [0.15, 0.2) is 0 Å². The van der Waals surface area contributed by atoms with E-state index in [2.05, 4.69) is 5.32 Å². The fourth-order valence-corrected chi connectivity index (χ4v) is 2.35. The zero-order valence-corrected chi connectivity index (χ0v) is 13.7. The predicted octanol–water partition coefficient (Wildman–Crippen LogP) is 2.53. The highest BCUT2D eigenvalue weighted by Gasteiger charge is 2.12.